The standard InChI is InChI=1S/C22H21F3N4O2/c1-15-9-16(11-18(10-15)22(23,24)25)14-31-21(30)28-7-2-8-29-19(13-28)12-20(27-29)17-3-5-26-6-4-17/h3-6,9-12H,2,7-8,13-14H2,1H3. The highest BCUT2D eigenvalue weighted by Crippen LogP contribution is 2.31. The number of ether oxygens (including phenoxy) is 1. The van der Waals surface area contributed by atoms with Crippen molar-refractivity contribution in [2.45, 2.75) is 39.2 Å². The van der Waals surface area contributed by atoms with Gasteiger partial charge in [-0.25, -0.2) is 4.79 Å². The van der Waals surface area contributed by atoms with Crippen molar-refractivity contribution in [3.63, 3.8) is 0 Å². The third-order valence-electron chi connectivity index (χ3n) is 5.08. The second-order valence-corrected chi connectivity index (χ2v) is 7.51. The summed E-state index contributed by atoms with van der Waals surface area (Å²) in [5.41, 5.74) is 2.62. The third kappa shape index (κ3) is 4.87. The molecule has 1 aliphatic heterocycles. The van der Waals surface area contributed by atoms with Crippen molar-refractivity contribution in [2.75, 3.05) is 6.54 Å². The monoisotopic (exact) mass is 430 g/mol. The molecule has 0 bridgehead atoms. The van der Waals surface area contributed by atoms with Crippen molar-refractivity contribution in [3.8, 4) is 11.3 Å². The van der Waals surface area contributed by atoms with Crippen LogP contribution in [-0.2, 0) is 30.6 Å². The van der Waals surface area contributed by atoms with Gasteiger partial charge in [0.15, 0.2) is 0 Å². The van der Waals surface area contributed by atoms with Crippen molar-refractivity contribution in [3.05, 3.63) is 71.2 Å². The normalized spacial score (nSPS) is 14.1. The molecule has 0 aliphatic carbocycles. The molecule has 9 heteroatoms. The van der Waals surface area contributed by atoms with E-state index in [1.54, 1.807) is 30.3 Å². The van der Waals surface area contributed by atoms with Crippen LogP contribution in [0, 0.1) is 6.92 Å². The summed E-state index contributed by atoms with van der Waals surface area (Å²) in [6.45, 7) is 2.82. The molecule has 0 saturated carbocycles. The largest absolute Gasteiger partial charge is 0.445 e. The summed E-state index contributed by atoms with van der Waals surface area (Å²) in [6, 6.07) is 9.33. The number of carbonyl (C=O) groups excluding carboxylic acids is 1. The van der Waals surface area contributed by atoms with Gasteiger partial charge in [-0.15, -0.1) is 0 Å². The van der Waals surface area contributed by atoms with Crippen LogP contribution in [-0.4, -0.2) is 32.3 Å². The molecule has 1 amide bonds. The van der Waals surface area contributed by atoms with Crippen molar-refractivity contribution in [1.82, 2.24) is 19.7 Å². The lowest BCUT2D eigenvalue weighted by Gasteiger charge is -2.20. The molecule has 0 unspecified atom stereocenters. The Bertz CT molecular complexity index is 1080. The summed E-state index contributed by atoms with van der Waals surface area (Å²) >= 11 is 0. The highest BCUT2D eigenvalue weighted by atomic mass is 19.4. The first-order valence-electron chi connectivity index (χ1n) is 9.86. The molecule has 0 fully saturated rings. The summed E-state index contributed by atoms with van der Waals surface area (Å²) < 4.78 is 46.3. The number of benzene rings is 1. The molecule has 0 saturated heterocycles. The van der Waals surface area contributed by atoms with E-state index in [2.05, 4.69) is 10.1 Å². The van der Waals surface area contributed by atoms with Gasteiger partial charge in [0.05, 0.1) is 23.5 Å². The second kappa shape index (κ2) is 8.41. The number of aromatic nitrogens is 3. The number of rotatable bonds is 3. The van der Waals surface area contributed by atoms with Crippen LogP contribution in [0.25, 0.3) is 11.3 Å². The Hall–Kier alpha value is -3.36. The number of hydrogen-bond donors (Lipinski definition) is 0. The number of carbonyl (C=O) groups is 1. The van der Waals surface area contributed by atoms with Crippen molar-refractivity contribution in [2.24, 2.45) is 0 Å². The fourth-order valence-corrected chi connectivity index (χ4v) is 3.63. The van der Waals surface area contributed by atoms with Crippen LogP contribution < -0.4 is 0 Å². The Labute approximate surface area is 177 Å². The first-order valence-corrected chi connectivity index (χ1v) is 9.86. The van der Waals surface area contributed by atoms with Gasteiger partial charge in [-0.1, -0.05) is 11.6 Å². The topological polar surface area (TPSA) is 60.2 Å². The average molecular weight is 430 g/mol. The first kappa shape index (κ1) is 20.9. The molecule has 2 aromatic heterocycles. The zero-order valence-electron chi connectivity index (χ0n) is 16.9. The maximum Gasteiger partial charge on any atom is 0.416 e. The van der Waals surface area contributed by atoms with Crippen molar-refractivity contribution >= 4 is 6.09 Å². The van der Waals surface area contributed by atoms with Crippen molar-refractivity contribution < 1.29 is 22.7 Å². The van der Waals surface area contributed by atoms with E-state index < -0.39 is 17.8 Å². The quantitative estimate of drug-likeness (QED) is 0.598. The summed E-state index contributed by atoms with van der Waals surface area (Å²) in [5, 5.41) is 4.61. The summed E-state index contributed by atoms with van der Waals surface area (Å²) in [5.74, 6) is 0. The third-order valence-corrected chi connectivity index (χ3v) is 5.08. The predicted molar refractivity (Wildman–Crippen MR) is 107 cm³/mol. The number of halogens is 3. The Morgan fingerprint density at radius 2 is 1.90 bits per heavy atom. The van der Waals surface area contributed by atoms with Gasteiger partial charge < -0.3 is 9.64 Å². The number of aryl methyl sites for hydroxylation is 2. The zero-order valence-corrected chi connectivity index (χ0v) is 16.9. The predicted octanol–water partition coefficient (Wildman–Crippen LogP) is 4.81. The van der Waals surface area contributed by atoms with E-state index in [4.69, 9.17) is 4.74 Å². The van der Waals surface area contributed by atoms with Gasteiger partial charge in [0.1, 0.15) is 6.61 Å². The number of alkyl halides is 3. The smallest absolute Gasteiger partial charge is 0.416 e. The minimum atomic E-state index is -4.44. The molecule has 0 atom stereocenters. The lowest BCUT2D eigenvalue weighted by Crippen LogP contribution is -2.31. The number of nitrogens with zero attached hydrogens (tertiary/aromatic N) is 4. The zero-order chi connectivity index (χ0) is 22.0. The van der Waals surface area contributed by atoms with Gasteiger partial charge in [-0.05, 0) is 49.2 Å². The molecule has 0 radical (unpaired) electrons. The number of hydrogen-bond acceptors (Lipinski definition) is 4. The fourth-order valence-electron chi connectivity index (χ4n) is 3.63. The van der Waals surface area contributed by atoms with E-state index in [1.807, 2.05) is 22.9 Å². The van der Waals surface area contributed by atoms with Gasteiger partial charge in [0.25, 0.3) is 0 Å². The maximum absolute atomic E-state index is 13.0. The molecule has 3 aromatic rings. The second-order valence-electron chi connectivity index (χ2n) is 7.51. The van der Waals surface area contributed by atoms with E-state index in [-0.39, 0.29) is 6.61 Å². The molecule has 6 nitrogen and oxygen atoms in total. The molecule has 1 aromatic carbocycles. The Balaban J connectivity index is 1.44. The summed E-state index contributed by atoms with van der Waals surface area (Å²) in [7, 11) is 0. The van der Waals surface area contributed by atoms with Crippen LogP contribution in [0.3, 0.4) is 0 Å². The molecular formula is C22H21F3N4O2. The fraction of sp³-hybridized carbons (Fsp3) is 0.318. The first-order chi connectivity index (χ1) is 14.8. The molecule has 0 N–H and O–H groups in total. The van der Waals surface area contributed by atoms with E-state index in [0.29, 0.717) is 37.2 Å². The van der Waals surface area contributed by atoms with Crippen LogP contribution >= 0.6 is 0 Å². The summed E-state index contributed by atoms with van der Waals surface area (Å²) in [4.78, 5) is 18.2. The molecule has 31 heavy (non-hydrogen) atoms. The summed E-state index contributed by atoms with van der Waals surface area (Å²) in [6.07, 6.45) is -0.920. The Kier molecular flexibility index (Phi) is 5.67. The van der Waals surface area contributed by atoms with Gasteiger partial charge in [0, 0.05) is 31.0 Å². The molecule has 0 spiro atoms. The number of amides is 1. The lowest BCUT2D eigenvalue weighted by molar-refractivity contribution is -0.137. The van der Waals surface area contributed by atoms with E-state index in [1.165, 1.54) is 0 Å². The molecule has 1 aliphatic rings. The molecule has 162 valence electrons. The van der Waals surface area contributed by atoms with Crippen molar-refractivity contribution in [1.29, 1.82) is 0 Å². The van der Waals surface area contributed by atoms with Gasteiger partial charge >= 0.3 is 12.3 Å². The Morgan fingerprint density at radius 1 is 1.13 bits per heavy atom. The van der Waals surface area contributed by atoms with Crippen LogP contribution in [0.2, 0.25) is 0 Å². The Morgan fingerprint density at radius 3 is 2.65 bits per heavy atom. The van der Waals surface area contributed by atoms with E-state index in [0.717, 1.165) is 29.1 Å². The SMILES string of the molecule is Cc1cc(COC(=O)N2CCCn3nc(-c4ccncc4)cc3C2)cc(C(F)(F)F)c1. The van der Waals surface area contributed by atoms with Gasteiger partial charge in [0.2, 0.25) is 0 Å². The van der Waals surface area contributed by atoms with Gasteiger partial charge in [-0.2, -0.15) is 18.3 Å². The van der Waals surface area contributed by atoms with E-state index in [9.17, 15) is 18.0 Å². The minimum Gasteiger partial charge on any atom is -0.445 e. The average Bonchev–Trinajstić information content (AvgIpc) is 3.03. The highest BCUT2D eigenvalue weighted by molar-refractivity contribution is 5.68. The maximum atomic E-state index is 13.0. The van der Waals surface area contributed by atoms with Gasteiger partial charge in [-0.3, -0.25) is 9.67 Å². The van der Waals surface area contributed by atoms with Crippen LogP contribution in [0.5, 0.6) is 0 Å². The van der Waals surface area contributed by atoms with E-state index >= 15 is 0 Å². The lowest BCUT2D eigenvalue weighted by atomic mass is 10.1. The van der Waals surface area contributed by atoms with Crippen LogP contribution in [0.15, 0.2) is 48.8 Å². The number of pyridine rings is 1. The minimum absolute atomic E-state index is 0.221. The van der Waals surface area contributed by atoms with Crippen LogP contribution in [0.4, 0.5) is 18.0 Å². The number of fused-ring (bicyclic) bond motifs is 1. The molecule has 4 rings (SSSR count). The molecule has 3 heterocycles. The van der Waals surface area contributed by atoms with Crippen LogP contribution in [0.1, 0.15) is 28.8 Å². The molecular weight excluding hydrogens is 409 g/mol. The highest BCUT2D eigenvalue weighted by Gasteiger charge is 2.31.